The third-order valence-corrected chi connectivity index (χ3v) is 9.04. The van der Waals surface area contributed by atoms with Gasteiger partial charge in [-0.25, -0.2) is 8.42 Å². The van der Waals surface area contributed by atoms with Crippen LogP contribution in [-0.2, 0) is 10.0 Å². The second kappa shape index (κ2) is 7.91. The zero-order chi connectivity index (χ0) is 20.6. The highest BCUT2D eigenvalue weighted by Gasteiger charge is 2.47. The Hall–Kier alpha value is -1.60. The minimum Gasteiger partial charge on any atom is -0.371 e. The number of nitrogens with zero attached hydrogens (tertiary/aromatic N) is 3. The predicted molar refractivity (Wildman–Crippen MR) is 115 cm³/mol. The van der Waals surface area contributed by atoms with Crippen molar-refractivity contribution in [2.45, 2.75) is 57.3 Å². The Labute approximate surface area is 174 Å². The predicted octanol–water partition coefficient (Wildman–Crippen LogP) is 3.33. The van der Waals surface area contributed by atoms with Crippen molar-refractivity contribution in [3.63, 3.8) is 0 Å². The molecule has 0 N–H and O–H groups in total. The number of carbonyl (C=O) groups is 1. The van der Waals surface area contributed by atoms with E-state index < -0.39 is 10.0 Å². The third-order valence-electron chi connectivity index (χ3n) is 6.99. The lowest BCUT2D eigenvalue weighted by Crippen LogP contribution is -2.57. The molecule has 7 heteroatoms. The highest BCUT2D eigenvalue weighted by molar-refractivity contribution is 7.89. The van der Waals surface area contributed by atoms with Gasteiger partial charge >= 0.3 is 0 Å². The van der Waals surface area contributed by atoms with Crippen molar-refractivity contribution in [3.05, 3.63) is 23.8 Å². The lowest BCUT2D eigenvalue weighted by atomic mass is 9.78. The minimum atomic E-state index is -3.59. The highest BCUT2D eigenvalue weighted by atomic mass is 32.2. The van der Waals surface area contributed by atoms with Crippen LogP contribution >= 0.6 is 0 Å². The summed E-state index contributed by atoms with van der Waals surface area (Å²) in [4.78, 5) is 17.8. The average molecular weight is 420 g/mol. The number of rotatable bonds is 6. The van der Waals surface area contributed by atoms with Gasteiger partial charge in [0.15, 0.2) is 0 Å². The van der Waals surface area contributed by atoms with E-state index in [0.29, 0.717) is 24.1 Å². The molecule has 0 aromatic heterocycles. The summed E-state index contributed by atoms with van der Waals surface area (Å²) in [5, 5.41) is 0. The maximum Gasteiger partial charge on any atom is 0.256 e. The fourth-order valence-corrected chi connectivity index (χ4v) is 6.80. The molecule has 1 aromatic carbocycles. The van der Waals surface area contributed by atoms with E-state index >= 15 is 0 Å². The van der Waals surface area contributed by atoms with Crippen molar-refractivity contribution < 1.29 is 13.2 Å². The first-order valence-corrected chi connectivity index (χ1v) is 12.5. The van der Waals surface area contributed by atoms with Crippen molar-refractivity contribution >= 4 is 21.6 Å². The Bertz CT molecular complexity index is 859. The molecule has 4 rings (SSSR count). The van der Waals surface area contributed by atoms with Crippen molar-refractivity contribution in [2.24, 2.45) is 5.41 Å². The number of hydrogen-bond donors (Lipinski definition) is 0. The molecule has 2 heterocycles. The van der Waals surface area contributed by atoms with E-state index in [4.69, 9.17) is 0 Å². The van der Waals surface area contributed by atoms with Gasteiger partial charge in [0.05, 0.1) is 10.5 Å². The molecule has 0 unspecified atom stereocenters. The maximum atomic E-state index is 13.4. The number of benzene rings is 1. The zero-order valence-electron chi connectivity index (χ0n) is 17.7. The van der Waals surface area contributed by atoms with Crippen LogP contribution in [-0.4, -0.2) is 62.8 Å². The summed E-state index contributed by atoms with van der Waals surface area (Å²) < 4.78 is 27.5. The van der Waals surface area contributed by atoms with Crippen LogP contribution in [0.4, 0.5) is 5.69 Å². The van der Waals surface area contributed by atoms with Gasteiger partial charge in [0.25, 0.3) is 5.91 Å². The summed E-state index contributed by atoms with van der Waals surface area (Å²) in [6, 6.07) is 5.15. The van der Waals surface area contributed by atoms with Gasteiger partial charge in [0.2, 0.25) is 10.0 Å². The summed E-state index contributed by atoms with van der Waals surface area (Å²) in [7, 11) is -3.59. The van der Waals surface area contributed by atoms with Gasteiger partial charge in [-0.15, -0.1) is 0 Å². The van der Waals surface area contributed by atoms with Crippen LogP contribution in [0.15, 0.2) is 23.1 Å². The van der Waals surface area contributed by atoms with Crippen LogP contribution in [0.2, 0.25) is 0 Å². The molecule has 3 aliphatic rings. The first kappa shape index (κ1) is 20.7. The zero-order valence-corrected chi connectivity index (χ0v) is 18.5. The number of anilines is 1. The Balaban J connectivity index is 1.66. The van der Waals surface area contributed by atoms with E-state index in [2.05, 4.69) is 4.90 Å². The molecule has 1 aromatic rings. The number of sulfonamides is 1. The van der Waals surface area contributed by atoms with Gasteiger partial charge < -0.3 is 9.80 Å². The monoisotopic (exact) mass is 419 g/mol. The maximum absolute atomic E-state index is 13.4. The largest absolute Gasteiger partial charge is 0.371 e. The summed E-state index contributed by atoms with van der Waals surface area (Å²) in [5.41, 5.74) is 1.76. The molecular formula is C22H33N3O3S. The molecule has 2 saturated heterocycles. The number of likely N-dealkylation sites (tertiary alicyclic amines) is 1. The van der Waals surface area contributed by atoms with Gasteiger partial charge in [-0.3, -0.25) is 4.79 Å². The van der Waals surface area contributed by atoms with Gasteiger partial charge in [-0.1, -0.05) is 26.7 Å². The standard InChI is InChI=1S/C22H33N3O3S/c1-3-25(4-2)29(27,28)18-9-10-20(23-13-7-8-14-23)19(15-18)21(26)24-16-22(17-24)11-5-6-12-22/h9-10,15H,3-8,11-14,16-17H2,1-2H3. The van der Waals surface area contributed by atoms with Gasteiger partial charge in [-0.2, -0.15) is 4.31 Å². The lowest BCUT2D eigenvalue weighted by Gasteiger charge is -2.48. The minimum absolute atomic E-state index is 0.0129. The molecule has 1 saturated carbocycles. The van der Waals surface area contributed by atoms with E-state index in [1.54, 1.807) is 12.1 Å². The topological polar surface area (TPSA) is 60.9 Å². The molecule has 6 nitrogen and oxygen atoms in total. The van der Waals surface area contributed by atoms with E-state index in [-0.39, 0.29) is 10.8 Å². The molecule has 29 heavy (non-hydrogen) atoms. The first-order chi connectivity index (χ1) is 13.9. The number of amides is 1. The van der Waals surface area contributed by atoms with E-state index in [0.717, 1.165) is 44.7 Å². The molecule has 1 amide bonds. The fourth-order valence-electron chi connectivity index (χ4n) is 5.31. The summed E-state index contributed by atoms with van der Waals surface area (Å²) in [6.45, 7) is 8.00. The van der Waals surface area contributed by atoms with Crippen molar-refractivity contribution in [1.29, 1.82) is 0 Å². The molecule has 3 fully saturated rings. The quantitative estimate of drug-likeness (QED) is 0.710. The second-order valence-corrected chi connectivity index (χ2v) is 10.8. The molecule has 0 radical (unpaired) electrons. The molecule has 1 spiro atoms. The van der Waals surface area contributed by atoms with Crippen LogP contribution in [0.5, 0.6) is 0 Å². The Kier molecular flexibility index (Phi) is 5.64. The molecular weight excluding hydrogens is 386 g/mol. The summed E-state index contributed by atoms with van der Waals surface area (Å²) in [5.74, 6) is -0.0129. The molecule has 160 valence electrons. The SMILES string of the molecule is CCN(CC)S(=O)(=O)c1ccc(N2CCCC2)c(C(=O)N2CC3(CCCC3)C2)c1. The summed E-state index contributed by atoms with van der Waals surface area (Å²) in [6.07, 6.45) is 7.18. The van der Waals surface area contributed by atoms with Crippen LogP contribution < -0.4 is 4.90 Å². The Morgan fingerprint density at radius 1 is 1.03 bits per heavy atom. The smallest absolute Gasteiger partial charge is 0.256 e. The van der Waals surface area contributed by atoms with Crippen LogP contribution in [0.1, 0.15) is 62.7 Å². The fraction of sp³-hybridized carbons (Fsp3) is 0.682. The average Bonchev–Trinajstić information content (AvgIpc) is 3.38. The molecule has 0 atom stereocenters. The summed E-state index contributed by atoms with van der Waals surface area (Å²) >= 11 is 0. The van der Waals surface area contributed by atoms with E-state index in [9.17, 15) is 13.2 Å². The number of carbonyl (C=O) groups excluding carboxylic acids is 1. The second-order valence-electron chi connectivity index (χ2n) is 8.83. The van der Waals surface area contributed by atoms with Crippen LogP contribution in [0.25, 0.3) is 0 Å². The van der Waals surface area contributed by atoms with E-state index in [1.807, 2.05) is 24.8 Å². The lowest BCUT2D eigenvalue weighted by molar-refractivity contribution is 0.00936. The Morgan fingerprint density at radius 3 is 2.24 bits per heavy atom. The van der Waals surface area contributed by atoms with Gasteiger partial charge in [0, 0.05) is 50.4 Å². The number of hydrogen-bond acceptors (Lipinski definition) is 4. The van der Waals surface area contributed by atoms with Crippen LogP contribution in [0, 0.1) is 5.41 Å². The molecule has 2 aliphatic heterocycles. The third kappa shape index (κ3) is 3.67. The van der Waals surface area contributed by atoms with E-state index in [1.165, 1.54) is 30.0 Å². The van der Waals surface area contributed by atoms with Gasteiger partial charge in [0.1, 0.15) is 0 Å². The first-order valence-electron chi connectivity index (χ1n) is 11.1. The van der Waals surface area contributed by atoms with Crippen LogP contribution in [0.3, 0.4) is 0 Å². The highest BCUT2D eigenvalue weighted by Crippen LogP contribution is 2.46. The molecule has 1 aliphatic carbocycles. The molecule has 0 bridgehead atoms. The normalized spacial score (nSPS) is 21.2. The Morgan fingerprint density at radius 2 is 1.66 bits per heavy atom. The van der Waals surface area contributed by atoms with Gasteiger partial charge in [-0.05, 0) is 43.9 Å². The van der Waals surface area contributed by atoms with Crippen molar-refractivity contribution in [3.8, 4) is 0 Å². The van der Waals surface area contributed by atoms with Crippen molar-refractivity contribution in [2.75, 3.05) is 44.2 Å². The van der Waals surface area contributed by atoms with Crippen molar-refractivity contribution in [1.82, 2.24) is 9.21 Å².